The Bertz CT molecular complexity index is 555. The molecular formula is C12H21ClN4O2S. The molecule has 0 aromatic carbocycles. The summed E-state index contributed by atoms with van der Waals surface area (Å²) in [6.07, 6.45) is 1.79. The van der Waals surface area contributed by atoms with Gasteiger partial charge in [-0.3, -0.25) is 0 Å². The monoisotopic (exact) mass is 320 g/mol. The molecule has 0 saturated carbocycles. The van der Waals surface area contributed by atoms with Crippen LogP contribution in [0.5, 0.6) is 0 Å². The van der Waals surface area contributed by atoms with Crippen molar-refractivity contribution in [2.75, 3.05) is 24.7 Å². The number of nitrogens with zero attached hydrogens (tertiary/aromatic N) is 2. The van der Waals surface area contributed by atoms with Crippen LogP contribution in [0.25, 0.3) is 0 Å². The first kappa shape index (κ1) is 17.1. The molecule has 1 rings (SSSR count). The first-order valence-electron chi connectivity index (χ1n) is 6.31. The van der Waals surface area contributed by atoms with Crippen LogP contribution >= 0.6 is 11.6 Å². The Morgan fingerprint density at radius 3 is 2.45 bits per heavy atom. The number of halogens is 1. The fraction of sp³-hybridized carbons (Fsp3) is 0.667. The van der Waals surface area contributed by atoms with Gasteiger partial charge in [0, 0.05) is 24.6 Å². The SMILES string of the molecule is CC(C)(C)c1nc(Cl)cc(NCCCNS(C)(=O)=O)n1. The molecule has 0 spiro atoms. The molecule has 0 amide bonds. The molecule has 2 N–H and O–H groups in total. The Morgan fingerprint density at radius 2 is 1.90 bits per heavy atom. The molecule has 1 aromatic rings. The van der Waals surface area contributed by atoms with Crippen molar-refractivity contribution in [1.29, 1.82) is 0 Å². The maximum absolute atomic E-state index is 10.9. The van der Waals surface area contributed by atoms with Crippen LogP contribution in [0.2, 0.25) is 5.15 Å². The third-order valence-electron chi connectivity index (χ3n) is 2.39. The number of hydrogen-bond donors (Lipinski definition) is 2. The molecule has 1 heterocycles. The predicted octanol–water partition coefficient (Wildman–Crippen LogP) is 1.78. The normalized spacial score (nSPS) is 12.4. The maximum Gasteiger partial charge on any atom is 0.208 e. The van der Waals surface area contributed by atoms with Gasteiger partial charge in [0.25, 0.3) is 0 Å². The molecule has 6 nitrogen and oxygen atoms in total. The van der Waals surface area contributed by atoms with E-state index in [1.165, 1.54) is 0 Å². The fourth-order valence-corrected chi connectivity index (χ4v) is 2.10. The van der Waals surface area contributed by atoms with Crippen molar-refractivity contribution >= 4 is 27.4 Å². The lowest BCUT2D eigenvalue weighted by Gasteiger charge is -2.17. The Hall–Kier alpha value is -0.920. The van der Waals surface area contributed by atoms with Gasteiger partial charge in [0.1, 0.15) is 16.8 Å². The average Bonchev–Trinajstić information content (AvgIpc) is 2.25. The van der Waals surface area contributed by atoms with Gasteiger partial charge in [0.15, 0.2) is 0 Å². The second-order valence-corrected chi connectivity index (χ2v) is 7.82. The molecule has 0 bridgehead atoms. The first-order chi connectivity index (χ1) is 9.08. The van der Waals surface area contributed by atoms with E-state index in [1.54, 1.807) is 6.07 Å². The lowest BCUT2D eigenvalue weighted by molar-refractivity contribution is 0.546. The zero-order chi connectivity index (χ0) is 15.4. The molecule has 1 aromatic heterocycles. The Kier molecular flexibility index (Phi) is 5.73. The zero-order valence-corrected chi connectivity index (χ0v) is 13.8. The molecule has 20 heavy (non-hydrogen) atoms. The molecular weight excluding hydrogens is 300 g/mol. The van der Waals surface area contributed by atoms with E-state index in [4.69, 9.17) is 11.6 Å². The number of nitrogens with one attached hydrogen (secondary N) is 2. The van der Waals surface area contributed by atoms with Crippen molar-refractivity contribution in [3.63, 3.8) is 0 Å². The smallest absolute Gasteiger partial charge is 0.208 e. The van der Waals surface area contributed by atoms with E-state index in [-0.39, 0.29) is 5.41 Å². The third kappa shape index (κ3) is 6.49. The number of anilines is 1. The van der Waals surface area contributed by atoms with Gasteiger partial charge >= 0.3 is 0 Å². The van der Waals surface area contributed by atoms with Gasteiger partial charge in [0.2, 0.25) is 10.0 Å². The van der Waals surface area contributed by atoms with Gasteiger partial charge in [-0.1, -0.05) is 32.4 Å². The molecule has 0 unspecified atom stereocenters. The van der Waals surface area contributed by atoms with Crippen molar-refractivity contribution in [3.8, 4) is 0 Å². The summed E-state index contributed by atoms with van der Waals surface area (Å²) in [6, 6.07) is 1.65. The highest BCUT2D eigenvalue weighted by Gasteiger charge is 2.18. The predicted molar refractivity (Wildman–Crippen MR) is 81.7 cm³/mol. The number of aromatic nitrogens is 2. The van der Waals surface area contributed by atoms with Crippen molar-refractivity contribution in [1.82, 2.24) is 14.7 Å². The highest BCUT2D eigenvalue weighted by molar-refractivity contribution is 7.88. The number of rotatable bonds is 6. The molecule has 0 radical (unpaired) electrons. The summed E-state index contributed by atoms with van der Waals surface area (Å²) in [7, 11) is -3.13. The van der Waals surface area contributed by atoms with Gasteiger partial charge in [-0.2, -0.15) is 0 Å². The zero-order valence-electron chi connectivity index (χ0n) is 12.2. The topological polar surface area (TPSA) is 84.0 Å². The molecule has 0 aliphatic heterocycles. The van der Waals surface area contributed by atoms with Gasteiger partial charge in [-0.15, -0.1) is 0 Å². The van der Waals surface area contributed by atoms with Crippen LogP contribution in [-0.4, -0.2) is 37.7 Å². The minimum absolute atomic E-state index is 0.181. The Balaban J connectivity index is 2.54. The second-order valence-electron chi connectivity index (χ2n) is 5.60. The van der Waals surface area contributed by atoms with E-state index in [0.29, 0.717) is 36.3 Å². The first-order valence-corrected chi connectivity index (χ1v) is 8.58. The summed E-state index contributed by atoms with van der Waals surface area (Å²) in [5.74, 6) is 1.32. The Labute approximate surface area is 125 Å². The van der Waals surface area contributed by atoms with E-state index in [1.807, 2.05) is 20.8 Å². The molecule has 0 fully saturated rings. The molecule has 0 atom stereocenters. The summed E-state index contributed by atoms with van der Waals surface area (Å²) in [4.78, 5) is 8.61. The summed E-state index contributed by atoms with van der Waals surface area (Å²) < 4.78 is 24.2. The number of sulfonamides is 1. The molecule has 8 heteroatoms. The van der Waals surface area contributed by atoms with Crippen molar-refractivity contribution in [2.24, 2.45) is 0 Å². The number of hydrogen-bond acceptors (Lipinski definition) is 5. The highest BCUT2D eigenvalue weighted by Crippen LogP contribution is 2.22. The third-order valence-corrected chi connectivity index (χ3v) is 3.31. The van der Waals surface area contributed by atoms with Crippen LogP contribution in [0.1, 0.15) is 33.0 Å². The van der Waals surface area contributed by atoms with Gasteiger partial charge in [-0.05, 0) is 6.42 Å². The summed E-state index contributed by atoms with van der Waals surface area (Å²) >= 11 is 5.97. The summed E-state index contributed by atoms with van der Waals surface area (Å²) in [5.41, 5.74) is -0.181. The lowest BCUT2D eigenvalue weighted by Crippen LogP contribution is -2.24. The van der Waals surface area contributed by atoms with Crippen molar-refractivity contribution in [2.45, 2.75) is 32.6 Å². The van der Waals surface area contributed by atoms with Crippen LogP contribution in [0.3, 0.4) is 0 Å². The minimum Gasteiger partial charge on any atom is -0.370 e. The van der Waals surface area contributed by atoms with Crippen molar-refractivity contribution < 1.29 is 8.42 Å². The Morgan fingerprint density at radius 1 is 1.25 bits per heavy atom. The van der Waals surface area contributed by atoms with Crippen LogP contribution in [0.15, 0.2) is 6.07 Å². The van der Waals surface area contributed by atoms with E-state index < -0.39 is 10.0 Å². The summed E-state index contributed by atoms with van der Waals surface area (Å²) in [5, 5.41) is 3.50. The highest BCUT2D eigenvalue weighted by atomic mass is 35.5. The van der Waals surface area contributed by atoms with Gasteiger partial charge in [-0.25, -0.2) is 23.1 Å². The van der Waals surface area contributed by atoms with E-state index in [2.05, 4.69) is 20.0 Å². The molecule has 114 valence electrons. The van der Waals surface area contributed by atoms with Crippen molar-refractivity contribution in [3.05, 3.63) is 17.0 Å². The molecule has 0 aliphatic rings. The van der Waals surface area contributed by atoms with Crippen LogP contribution in [0.4, 0.5) is 5.82 Å². The maximum atomic E-state index is 10.9. The van der Waals surface area contributed by atoms with Crippen LogP contribution < -0.4 is 10.0 Å². The lowest BCUT2D eigenvalue weighted by atomic mass is 9.96. The second kappa shape index (κ2) is 6.69. The van der Waals surface area contributed by atoms with Gasteiger partial charge < -0.3 is 5.32 Å². The standard InChI is InChI=1S/C12H21ClN4O2S/c1-12(2,3)11-16-9(13)8-10(17-11)14-6-5-7-15-20(4,18)19/h8,15H,5-7H2,1-4H3,(H,14,16,17). The van der Waals surface area contributed by atoms with Gasteiger partial charge in [0.05, 0.1) is 6.26 Å². The quantitative estimate of drug-likeness (QED) is 0.616. The van der Waals surface area contributed by atoms with E-state index in [0.717, 1.165) is 6.26 Å². The van der Waals surface area contributed by atoms with Crippen LogP contribution in [-0.2, 0) is 15.4 Å². The fourth-order valence-electron chi connectivity index (χ4n) is 1.41. The minimum atomic E-state index is -3.13. The molecule has 0 saturated heterocycles. The largest absolute Gasteiger partial charge is 0.370 e. The van der Waals surface area contributed by atoms with Crippen LogP contribution in [0, 0.1) is 0 Å². The molecule has 0 aliphatic carbocycles. The van der Waals surface area contributed by atoms with E-state index >= 15 is 0 Å². The summed E-state index contributed by atoms with van der Waals surface area (Å²) in [6.45, 7) is 7.02. The average molecular weight is 321 g/mol. The van der Waals surface area contributed by atoms with E-state index in [9.17, 15) is 8.42 Å².